The van der Waals surface area contributed by atoms with Crippen LogP contribution in [0.3, 0.4) is 0 Å². The monoisotopic (exact) mass is 246 g/mol. The lowest BCUT2D eigenvalue weighted by atomic mass is 9.91. The van der Waals surface area contributed by atoms with Crippen LogP contribution in [0.25, 0.3) is 21.9 Å². The molecule has 0 radical (unpaired) electrons. The van der Waals surface area contributed by atoms with Crippen molar-refractivity contribution in [2.45, 2.75) is 13.5 Å². The summed E-state index contributed by atoms with van der Waals surface area (Å²) in [5.41, 5.74) is 5.06. The third-order valence-corrected chi connectivity index (χ3v) is 3.80. The van der Waals surface area contributed by atoms with Crippen LogP contribution in [-0.2, 0) is 6.61 Å². The Hall–Kier alpha value is -2.28. The average molecular weight is 246 g/mol. The number of fused-ring (bicyclic) bond motifs is 5. The summed E-state index contributed by atoms with van der Waals surface area (Å²) in [6, 6.07) is 19.4. The van der Waals surface area contributed by atoms with Crippen LogP contribution in [-0.4, -0.2) is 0 Å². The van der Waals surface area contributed by atoms with Crippen molar-refractivity contribution < 1.29 is 4.74 Å². The Morgan fingerprint density at radius 2 is 1.84 bits per heavy atom. The van der Waals surface area contributed by atoms with Gasteiger partial charge in [0.25, 0.3) is 0 Å². The van der Waals surface area contributed by atoms with Gasteiger partial charge in [0.2, 0.25) is 0 Å². The molecule has 0 amide bonds. The van der Waals surface area contributed by atoms with Gasteiger partial charge in [0, 0.05) is 5.56 Å². The summed E-state index contributed by atoms with van der Waals surface area (Å²) in [7, 11) is 0. The zero-order valence-electron chi connectivity index (χ0n) is 10.8. The SMILES string of the molecule is Cc1ccc2c(c1)OCc1ccc3ccccc3c1-2. The normalized spacial score (nSPS) is 12.7. The Morgan fingerprint density at radius 3 is 2.79 bits per heavy atom. The highest BCUT2D eigenvalue weighted by Gasteiger charge is 2.19. The zero-order valence-corrected chi connectivity index (χ0v) is 10.8. The third kappa shape index (κ3) is 1.55. The van der Waals surface area contributed by atoms with Crippen molar-refractivity contribution in [2.75, 3.05) is 0 Å². The molecule has 0 saturated heterocycles. The summed E-state index contributed by atoms with van der Waals surface area (Å²) in [6.07, 6.45) is 0. The summed E-state index contributed by atoms with van der Waals surface area (Å²) < 4.78 is 5.88. The highest BCUT2D eigenvalue weighted by atomic mass is 16.5. The Morgan fingerprint density at radius 1 is 0.947 bits per heavy atom. The summed E-state index contributed by atoms with van der Waals surface area (Å²) in [5, 5.41) is 2.60. The molecule has 0 saturated carbocycles. The molecule has 1 nitrogen and oxygen atoms in total. The fraction of sp³-hybridized carbons (Fsp3) is 0.111. The molecule has 0 aromatic heterocycles. The fourth-order valence-corrected chi connectivity index (χ4v) is 2.87. The van der Waals surface area contributed by atoms with Crippen molar-refractivity contribution in [1.82, 2.24) is 0 Å². The van der Waals surface area contributed by atoms with E-state index in [0.29, 0.717) is 6.61 Å². The number of benzene rings is 3. The van der Waals surface area contributed by atoms with Crippen molar-refractivity contribution >= 4 is 10.8 Å². The molecule has 3 aromatic rings. The number of hydrogen-bond acceptors (Lipinski definition) is 1. The van der Waals surface area contributed by atoms with Gasteiger partial charge in [-0.2, -0.15) is 0 Å². The van der Waals surface area contributed by atoms with Crippen LogP contribution in [0.5, 0.6) is 5.75 Å². The Kier molecular flexibility index (Phi) is 2.16. The summed E-state index contributed by atoms with van der Waals surface area (Å²) in [6.45, 7) is 2.76. The molecule has 92 valence electrons. The third-order valence-electron chi connectivity index (χ3n) is 3.80. The summed E-state index contributed by atoms with van der Waals surface area (Å²) in [4.78, 5) is 0. The first-order chi connectivity index (χ1) is 9.33. The van der Waals surface area contributed by atoms with E-state index in [4.69, 9.17) is 4.74 Å². The first-order valence-electron chi connectivity index (χ1n) is 6.57. The molecule has 0 unspecified atom stereocenters. The van der Waals surface area contributed by atoms with Crippen LogP contribution in [0.1, 0.15) is 11.1 Å². The van der Waals surface area contributed by atoms with E-state index in [2.05, 4.69) is 61.5 Å². The molecule has 1 heterocycles. The Bertz CT molecular complexity index is 787. The zero-order chi connectivity index (χ0) is 12.8. The minimum absolute atomic E-state index is 0.663. The van der Waals surface area contributed by atoms with E-state index in [1.165, 1.54) is 33.0 Å². The second kappa shape index (κ2) is 3.86. The Labute approximate surface area is 112 Å². The van der Waals surface area contributed by atoms with Crippen molar-refractivity contribution in [1.29, 1.82) is 0 Å². The van der Waals surface area contributed by atoms with E-state index in [1.807, 2.05) is 0 Å². The highest BCUT2D eigenvalue weighted by Crippen LogP contribution is 2.41. The van der Waals surface area contributed by atoms with E-state index in [1.54, 1.807) is 0 Å². The van der Waals surface area contributed by atoms with Gasteiger partial charge in [-0.1, -0.05) is 48.5 Å². The number of aryl methyl sites for hydroxylation is 1. The highest BCUT2D eigenvalue weighted by molar-refractivity contribution is 6.00. The van der Waals surface area contributed by atoms with Crippen LogP contribution in [0.15, 0.2) is 54.6 Å². The molecule has 0 spiro atoms. The first kappa shape index (κ1) is 10.6. The number of rotatable bonds is 0. The topological polar surface area (TPSA) is 9.23 Å². The molecule has 0 bridgehead atoms. The molecule has 3 aromatic carbocycles. The van der Waals surface area contributed by atoms with Gasteiger partial charge < -0.3 is 4.74 Å². The standard InChI is InChI=1S/C18H14O/c1-12-6-9-16-17(10-12)19-11-14-8-7-13-4-2-3-5-15(13)18(14)16/h2-10H,11H2,1H3. The van der Waals surface area contributed by atoms with Gasteiger partial charge in [0.1, 0.15) is 12.4 Å². The van der Waals surface area contributed by atoms with E-state index in [9.17, 15) is 0 Å². The molecule has 1 aliphatic heterocycles. The Balaban J connectivity index is 2.11. The van der Waals surface area contributed by atoms with Gasteiger partial charge in [0.05, 0.1) is 0 Å². The molecule has 1 aliphatic rings. The van der Waals surface area contributed by atoms with Crippen molar-refractivity contribution in [3.63, 3.8) is 0 Å². The van der Waals surface area contributed by atoms with E-state index < -0.39 is 0 Å². The van der Waals surface area contributed by atoms with Gasteiger partial charge in [0.15, 0.2) is 0 Å². The molecule has 0 atom stereocenters. The van der Waals surface area contributed by atoms with Gasteiger partial charge in [-0.25, -0.2) is 0 Å². The second-order valence-corrected chi connectivity index (χ2v) is 5.11. The van der Waals surface area contributed by atoms with Crippen molar-refractivity contribution in [2.24, 2.45) is 0 Å². The lowest BCUT2D eigenvalue weighted by molar-refractivity contribution is 0.302. The predicted molar refractivity (Wildman–Crippen MR) is 78.5 cm³/mol. The van der Waals surface area contributed by atoms with Crippen LogP contribution in [0.2, 0.25) is 0 Å². The summed E-state index contributed by atoms with van der Waals surface area (Å²) >= 11 is 0. The van der Waals surface area contributed by atoms with Gasteiger partial charge in [-0.05, 0) is 40.5 Å². The minimum atomic E-state index is 0.663. The second-order valence-electron chi connectivity index (χ2n) is 5.11. The molecule has 1 heteroatoms. The van der Waals surface area contributed by atoms with Crippen LogP contribution in [0.4, 0.5) is 0 Å². The number of hydrogen-bond donors (Lipinski definition) is 0. The fourth-order valence-electron chi connectivity index (χ4n) is 2.87. The molecule has 4 rings (SSSR count). The van der Waals surface area contributed by atoms with E-state index in [-0.39, 0.29) is 0 Å². The van der Waals surface area contributed by atoms with E-state index in [0.717, 1.165) is 5.75 Å². The lowest BCUT2D eigenvalue weighted by Gasteiger charge is -2.22. The maximum absolute atomic E-state index is 5.88. The number of ether oxygens (including phenoxy) is 1. The van der Waals surface area contributed by atoms with Gasteiger partial charge in [-0.15, -0.1) is 0 Å². The maximum Gasteiger partial charge on any atom is 0.127 e. The summed E-state index contributed by atoms with van der Waals surface area (Å²) in [5.74, 6) is 1.00. The van der Waals surface area contributed by atoms with Crippen LogP contribution < -0.4 is 4.74 Å². The first-order valence-corrected chi connectivity index (χ1v) is 6.57. The van der Waals surface area contributed by atoms with Crippen molar-refractivity contribution in [3.8, 4) is 16.9 Å². The molecule has 0 fully saturated rings. The largest absolute Gasteiger partial charge is 0.488 e. The minimum Gasteiger partial charge on any atom is -0.488 e. The maximum atomic E-state index is 5.88. The van der Waals surface area contributed by atoms with Crippen molar-refractivity contribution in [3.05, 3.63) is 65.7 Å². The molecule has 0 N–H and O–H groups in total. The predicted octanol–water partition coefficient (Wildman–Crippen LogP) is 4.71. The quantitative estimate of drug-likeness (QED) is 0.558. The molecule has 19 heavy (non-hydrogen) atoms. The molecular weight excluding hydrogens is 232 g/mol. The van der Waals surface area contributed by atoms with Gasteiger partial charge in [-0.3, -0.25) is 0 Å². The smallest absolute Gasteiger partial charge is 0.127 e. The molecule has 0 aliphatic carbocycles. The van der Waals surface area contributed by atoms with Gasteiger partial charge >= 0.3 is 0 Å². The lowest BCUT2D eigenvalue weighted by Crippen LogP contribution is -2.06. The molecular formula is C18H14O. The van der Waals surface area contributed by atoms with Crippen LogP contribution >= 0.6 is 0 Å². The van der Waals surface area contributed by atoms with E-state index >= 15 is 0 Å². The van der Waals surface area contributed by atoms with Crippen LogP contribution in [0, 0.1) is 6.92 Å². The average Bonchev–Trinajstić information content (AvgIpc) is 2.46.